The number of aliphatic hydroxyl groups is 2. The summed E-state index contributed by atoms with van der Waals surface area (Å²) in [6.45, 7) is 9.68. The van der Waals surface area contributed by atoms with Crippen molar-refractivity contribution in [3.63, 3.8) is 0 Å². The summed E-state index contributed by atoms with van der Waals surface area (Å²) in [7, 11) is -6.42. The molecule has 2 aromatic rings. The normalized spacial score (nSPS) is 22.4. The molecule has 0 bridgehead atoms. The van der Waals surface area contributed by atoms with Crippen molar-refractivity contribution in [2.75, 3.05) is 51.8 Å². The van der Waals surface area contributed by atoms with Gasteiger partial charge in [0.1, 0.15) is 0 Å². The molecule has 4 rings (SSSR count). The Morgan fingerprint density at radius 2 is 1.38 bits per heavy atom. The largest absolute Gasteiger partial charge is 0.391 e. The van der Waals surface area contributed by atoms with Gasteiger partial charge in [0.2, 0.25) is 0 Å². The lowest BCUT2D eigenvalue weighted by Crippen LogP contribution is -2.43. The van der Waals surface area contributed by atoms with Crippen molar-refractivity contribution in [2.24, 2.45) is 0 Å². The SMILES string of the molecule is CCCN1CCC(O)(c2cccc(S(C)(=O)=O)c2)CC1.CCCN1CC[C@@H](c2cccc(S(C)(=O)=O)c2)[C@@H](O)C1. The number of rotatable bonds is 8. The average molecular weight is 595 g/mol. The van der Waals surface area contributed by atoms with Gasteiger partial charge in [-0.3, -0.25) is 0 Å². The van der Waals surface area contributed by atoms with Crippen LogP contribution in [0.2, 0.25) is 0 Å². The first-order chi connectivity index (χ1) is 18.8. The minimum Gasteiger partial charge on any atom is -0.391 e. The fraction of sp³-hybridized carbons (Fsp3) is 0.600. The molecule has 10 heteroatoms. The highest BCUT2D eigenvalue weighted by Crippen LogP contribution is 2.34. The van der Waals surface area contributed by atoms with E-state index in [1.54, 1.807) is 36.4 Å². The molecule has 2 saturated heterocycles. The van der Waals surface area contributed by atoms with Crippen LogP contribution in [0.5, 0.6) is 0 Å². The van der Waals surface area contributed by atoms with E-state index < -0.39 is 31.4 Å². The van der Waals surface area contributed by atoms with Gasteiger partial charge in [-0.1, -0.05) is 38.1 Å². The third-order valence-corrected chi connectivity index (χ3v) is 10.2. The summed E-state index contributed by atoms with van der Waals surface area (Å²) < 4.78 is 46.5. The number of nitrogens with zero attached hydrogens (tertiary/aromatic N) is 2. The lowest BCUT2D eigenvalue weighted by atomic mass is 9.84. The summed E-state index contributed by atoms with van der Waals surface area (Å²) in [4.78, 5) is 5.22. The van der Waals surface area contributed by atoms with Crippen LogP contribution >= 0.6 is 0 Å². The van der Waals surface area contributed by atoms with Crippen LogP contribution in [-0.4, -0.2) is 94.7 Å². The molecule has 2 fully saturated rings. The lowest BCUT2D eigenvalue weighted by Gasteiger charge is -2.38. The molecule has 224 valence electrons. The second-order valence-electron chi connectivity index (χ2n) is 11.3. The van der Waals surface area contributed by atoms with Gasteiger partial charge in [0.15, 0.2) is 19.7 Å². The minimum absolute atomic E-state index is 0.0322. The van der Waals surface area contributed by atoms with Gasteiger partial charge in [-0.15, -0.1) is 0 Å². The molecule has 0 saturated carbocycles. The number of hydrogen-bond acceptors (Lipinski definition) is 8. The van der Waals surface area contributed by atoms with E-state index in [0.29, 0.717) is 24.3 Å². The zero-order valence-electron chi connectivity index (χ0n) is 24.3. The minimum atomic E-state index is -3.23. The van der Waals surface area contributed by atoms with E-state index in [1.165, 1.54) is 12.5 Å². The lowest BCUT2D eigenvalue weighted by molar-refractivity contribution is -0.0259. The van der Waals surface area contributed by atoms with Crippen molar-refractivity contribution in [1.82, 2.24) is 9.80 Å². The van der Waals surface area contributed by atoms with E-state index in [4.69, 9.17) is 0 Å². The number of likely N-dealkylation sites (tertiary alicyclic amines) is 2. The molecule has 2 aliphatic rings. The van der Waals surface area contributed by atoms with Crippen LogP contribution in [0, 0.1) is 0 Å². The van der Waals surface area contributed by atoms with Gasteiger partial charge in [0.25, 0.3) is 0 Å². The van der Waals surface area contributed by atoms with E-state index in [-0.39, 0.29) is 10.8 Å². The maximum atomic E-state index is 11.6. The zero-order valence-corrected chi connectivity index (χ0v) is 25.9. The third-order valence-electron chi connectivity index (χ3n) is 7.94. The zero-order chi connectivity index (χ0) is 29.6. The van der Waals surface area contributed by atoms with Crippen LogP contribution in [0.25, 0.3) is 0 Å². The first-order valence-corrected chi connectivity index (χ1v) is 18.0. The molecule has 0 aliphatic carbocycles. The average Bonchev–Trinajstić information content (AvgIpc) is 2.90. The van der Waals surface area contributed by atoms with Crippen LogP contribution in [0.1, 0.15) is 63.0 Å². The Kier molecular flexibility index (Phi) is 11.4. The highest BCUT2D eigenvalue weighted by atomic mass is 32.2. The molecule has 0 amide bonds. The monoisotopic (exact) mass is 594 g/mol. The molecule has 2 N–H and O–H groups in total. The number of β-amino-alcohol motifs (C(OH)–C–C–N with tert-alkyl or cyclic N) is 1. The number of hydrogen-bond donors (Lipinski definition) is 2. The van der Waals surface area contributed by atoms with Gasteiger partial charge in [0, 0.05) is 38.1 Å². The quantitative estimate of drug-likeness (QED) is 0.478. The van der Waals surface area contributed by atoms with Crippen molar-refractivity contribution in [3.8, 4) is 0 Å². The van der Waals surface area contributed by atoms with E-state index in [0.717, 1.165) is 63.1 Å². The summed E-state index contributed by atoms with van der Waals surface area (Å²) in [5.41, 5.74) is 0.749. The number of piperidine rings is 2. The van der Waals surface area contributed by atoms with Gasteiger partial charge in [-0.2, -0.15) is 0 Å². The molecule has 2 aliphatic heterocycles. The third kappa shape index (κ3) is 8.84. The number of aliphatic hydroxyl groups excluding tert-OH is 1. The van der Waals surface area contributed by atoms with E-state index in [9.17, 15) is 27.0 Å². The van der Waals surface area contributed by atoms with E-state index in [1.807, 2.05) is 12.1 Å². The molecule has 0 spiro atoms. The summed E-state index contributed by atoms with van der Waals surface area (Å²) >= 11 is 0. The first-order valence-electron chi connectivity index (χ1n) is 14.2. The maximum absolute atomic E-state index is 11.6. The molecule has 2 heterocycles. The standard InChI is InChI=1S/2C15H23NO3S/c1-3-9-16-10-7-15(17,8-11-16)13-5-4-6-14(12-13)20(2,18)19;1-3-8-16-9-7-14(15(17)11-16)12-5-4-6-13(10-12)20(2,18)19/h4-6,12,17H,3,7-11H2,1-2H3;4-6,10,14-15,17H,3,7-9,11H2,1-2H3/t;14-,15-/m.0/s1. The number of benzene rings is 2. The molecule has 2 atom stereocenters. The van der Waals surface area contributed by atoms with Crippen molar-refractivity contribution >= 4 is 19.7 Å². The van der Waals surface area contributed by atoms with Gasteiger partial charge in [0.05, 0.1) is 21.5 Å². The fourth-order valence-corrected chi connectivity index (χ4v) is 6.99. The second-order valence-corrected chi connectivity index (χ2v) is 15.3. The summed E-state index contributed by atoms with van der Waals surface area (Å²) in [5.74, 6) is 0.0322. The van der Waals surface area contributed by atoms with Gasteiger partial charge >= 0.3 is 0 Å². The Morgan fingerprint density at radius 3 is 1.93 bits per heavy atom. The van der Waals surface area contributed by atoms with Crippen molar-refractivity contribution in [1.29, 1.82) is 0 Å². The Balaban J connectivity index is 0.000000220. The first kappa shape index (κ1) is 32.7. The molecular formula is C30H46N2O6S2. The smallest absolute Gasteiger partial charge is 0.175 e. The molecule has 0 aromatic heterocycles. The second kappa shape index (κ2) is 13.9. The highest BCUT2D eigenvalue weighted by molar-refractivity contribution is 7.91. The van der Waals surface area contributed by atoms with Crippen LogP contribution in [-0.2, 0) is 25.3 Å². The topological polar surface area (TPSA) is 115 Å². The maximum Gasteiger partial charge on any atom is 0.175 e. The number of sulfone groups is 2. The predicted octanol–water partition coefficient (Wildman–Crippen LogP) is 3.43. The molecule has 2 aromatic carbocycles. The van der Waals surface area contributed by atoms with E-state index >= 15 is 0 Å². The van der Waals surface area contributed by atoms with Crippen LogP contribution < -0.4 is 0 Å². The summed E-state index contributed by atoms with van der Waals surface area (Å²) in [6, 6.07) is 13.7. The molecular weight excluding hydrogens is 548 g/mol. The van der Waals surface area contributed by atoms with Gasteiger partial charge in [-0.05, 0) is 87.1 Å². The Hall–Kier alpha value is -1.82. The highest BCUT2D eigenvalue weighted by Gasteiger charge is 2.34. The van der Waals surface area contributed by atoms with Crippen molar-refractivity contribution in [2.45, 2.75) is 73.4 Å². The van der Waals surface area contributed by atoms with Crippen molar-refractivity contribution < 1.29 is 27.0 Å². The Bertz CT molecular complexity index is 1320. The Labute approximate surface area is 240 Å². The predicted molar refractivity (Wildman–Crippen MR) is 159 cm³/mol. The molecule has 40 heavy (non-hydrogen) atoms. The van der Waals surface area contributed by atoms with Gasteiger partial charge in [-0.25, -0.2) is 16.8 Å². The summed E-state index contributed by atoms with van der Waals surface area (Å²) in [6.07, 6.45) is 6.36. The van der Waals surface area contributed by atoms with Crippen LogP contribution in [0.4, 0.5) is 0 Å². The van der Waals surface area contributed by atoms with Crippen LogP contribution in [0.3, 0.4) is 0 Å². The van der Waals surface area contributed by atoms with Crippen LogP contribution in [0.15, 0.2) is 58.3 Å². The summed E-state index contributed by atoms with van der Waals surface area (Å²) in [5, 5.41) is 21.1. The molecule has 0 radical (unpaired) electrons. The van der Waals surface area contributed by atoms with Crippen molar-refractivity contribution in [3.05, 3.63) is 59.7 Å². The molecule has 8 nitrogen and oxygen atoms in total. The molecule has 0 unspecified atom stereocenters. The fourth-order valence-electron chi connectivity index (χ4n) is 5.65. The van der Waals surface area contributed by atoms with Gasteiger partial charge < -0.3 is 20.0 Å². The Morgan fingerprint density at radius 1 is 0.825 bits per heavy atom. The van der Waals surface area contributed by atoms with E-state index in [2.05, 4.69) is 23.6 Å².